The Labute approximate surface area is 95.4 Å². The lowest BCUT2D eigenvalue weighted by Crippen LogP contribution is -2.71. The molecule has 1 N–H and O–H groups in total. The van der Waals surface area contributed by atoms with Crippen molar-refractivity contribution in [3.8, 4) is 0 Å². The van der Waals surface area contributed by atoms with Gasteiger partial charge in [-0.2, -0.15) is 0 Å². The monoisotopic (exact) mass is 226 g/mol. The summed E-state index contributed by atoms with van der Waals surface area (Å²) in [6, 6.07) is 0. The van der Waals surface area contributed by atoms with Gasteiger partial charge in [0.15, 0.2) is 0 Å². The Hall–Kier alpha value is -1.07. The topological polar surface area (TPSA) is 50.8 Å². The molecule has 0 aromatic rings. The van der Waals surface area contributed by atoms with Crippen molar-refractivity contribution >= 4 is 5.91 Å². The normalized spacial score (nSPS) is 24.1. The summed E-state index contributed by atoms with van der Waals surface area (Å²) in [4.78, 5) is 14.0. The largest absolute Gasteiger partial charge is 0.478 e. The predicted molar refractivity (Wildman–Crippen MR) is 58.6 cm³/mol. The zero-order valence-electron chi connectivity index (χ0n) is 10.0. The summed E-state index contributed by atoms with van der Waals surface area (Å²) in [5, 5.41) is 2.86. The summed E-state index contributed by atoms with van der Waals surface area (Å²) in [5.74, 6) is 0.787. The van der Waals surface area contributed by atoms with Crippen molar-refractivity contribution in [1.82, 2.24) is 10.2 Å². The number of carbonyl (C=O) groups is 1. The van der Waals surface area contributed by atoms with Crippen LogP contribution in [-0.4, -0.2) is 49.8 Å². The first-order chi connectivity index (χ1) is 7.57. The molecule has 16 heavy (non-hydrogen) atoms. The summed E-state index contributed by atoms with van der Waals surface area (Å²) < 4.78 is 10.7. The molecule has 1 saturated heterocycles. The molecule has 2 aliphatic rings. The lowest BCUT2D eigenvalue weighted by Gasteiger charge is -2.50. The number of nitrogens with zero attached hydrogens (tertiary/aromatic N) is 1. The van der Waals surface area contributed by atoms with Crippen LogP contribution in [0.1, 0.15) is 13.8 Å². The molecule has 0 bridgehead atoms. The van der Waals surface area contributed by atoms with E-state index in [1.165, 1.54) is 0 Å². The third-order valence-electron chi connectivity index (χ3n) is 3.16. The van der Waals surface area contributed by atoms with E-state index in [0.29, 0.717) is 19.7 Å². The summed E-state index contributed by atoms with van der Waals surface area (Å²) in [7, 11) is 1.68. The van der Waals surface area contributed by atoms with Crippen LogP contribution < -0.4 is 5.32 Å². The summed E-state index contributed by atoms with van der Waals surface area (Å²) in [5.41, 5.74) is 0.156. The molecule has 1 amide bonds. The van der Waals surface area contributed by atoms with E-state index in [0.717, 1.165) is 18.0 Å². The quantitative estimate of drug-likeness (QED) is 0.740. The first kappa shape index (κ1) is 11.4. The highest BCUT2D eigenvalue weighted by molar-refractivity contribution is 5.89. The van der Waals surface area contributed by atoms with Gasteiger partial charge in [-0.05, 0) is 13.8 Å². The molecular formula is C11H18N2O3. The molecule has 0 atom stereocenters. The van der Waals surface area contributed by atoms with E-state index in [2.05, 4.69) is 10.2 Å². The van der Waals surface area contributed by atoms with Crippen molar-refractivity contribution in [2.45, 2.75) is 19.4 Å². The molecule has 0 aromatic carbocycles. The van der Waals surface area contributed by atoms with E-state index in [9.17, 15) is 4.79 Å². The molecule has 5 heteroatoms. The molecule has 1 fully saturated rings. The molecular weight excluding hydrogens is 208 g/mol. The molecule has 1 spiro atoms. The van der Waals surface area contributed by atoms with Gasteiger partial charge in [0.05, 0.1) is 12.3 Å². The summed E-state index contributed by atoms with van der Waals surface area (Å²) in [6.07, 6.45) is 0. The Kier molecular flexibility index (Phi) is 2.90. The van der Waals surface area contributed by atoms with E-state index >= 15 is 0 Å². The van der Waals surface area contributed by atoms with Crippen molar-refractivity contribution in [2.24, 2.45) is 0 Å². The molecule has 0 aliphatic carbocycles. The van der Waals surface area contributed by atoms with Gasteiger partial charge in [-0.25, -0.2) is 0 Å². The van der Waals surface area contributed by atoms with Crippen LogP contribution in [0.3, 0.4) is 0 Å². The summed E-state index contributed by atoms with van der Waals surface area (Å²) in [6.45, 7) is 6.55. The maximum atomic E-state index is 11.8. The fraction of sp³-hybridized carbons (Fsp3) is 0.727. The van der Waals surface area contributed by atoms with Crippen LogP contribution in [0.25, 0.3) is 0 Å². The minimum absolute atomic E-state index is 0.0238. The Morgan fingerprint density at radius 3 is 2.81 bits per heavy atom. The van der Waals surface area contributed by atoms with Gasteiger partial charge in [0, 0.05) is 26.7 Å². The molecule has 0 saturated carbocycles. The van der Waals surface area contributed by atoms with E-state index in [-0.39, 0.29) is 5.91 Å². The van der Waals surface area contributed by atoms with Crippen molar-refractivity contribution in [1.29, 1.82) is 0 Å². The molecule has 0 radical (unpaired) electrons. The molecule has 5 nitrogen and oxygen atoms in total. The number of nitrogens with one attached hydrogen (secondary N) is 1. The van der Waals surface area contributed by atoms with Crippen molar-refractivity contribution in [3.05, 3.63) is 11.5 Å². The van der Waals surface area contributed by atoms with Crippen LogP contribution in [0.4, 0.5) is 0 Å². The highest BCUT2D eigenvalue weighted by atomic mass is 16.5. The lowest BCUT2D eigenvalue weighted by molar-refractivity contribution is -0.168. The molecule has 0 aromatic heterocycles. The smallest absolute Gasteiger partial charge is 0.271 e. The zero-order chi connectivity index (χ0) is 11.8. The molecule has 2 rings (SSSR count). The molecule has 2 aliphatic heterocycles. The van der Waals surface area contributed by atoms with Gasteiger partial charge < -0.3 is 14.8 Å². The van der Waals surface area contributed by atoms with Crippen LogP contribution in [-0.2, 0) is 14.3 Å². The number of likely N-dealkylation sites (tertiary alicyclic amines) is 1. The Morgan fingerprint density at radius 1 is 1.50 bits per heavy atom. The van der Waals surface area contributed by atoms with Crippen molar-refractivity contribution < 1.29 is 14.3 Å². The average molecular weight is 226 g/mol. The molecule has 2 heterocycles. The minimum atomic E-state index is -0.655. The highest BCUT2D eigenvalue weighted by Crippen LogP contribution is 2.31. The van der Waals surface area contributed by atoms with E-state index in [1.54, 1.807) is 7.11 Å². The lowest BCUT2D eigenvalue weighted by atomic mass is 9.91. The first-order valence-electron chi connectivity index (χ1n) is 5.47. The first-order valence-corrected chi connectivity index (χ1v) is 5.47. The number of carbonyl (C=O) groups excluding carboxylic acids is 1. The Bertz CT molecular complexity index is 332. The number of rotatable bonds is 3. The van der Waals surface area contributed by atoms with Gasteiger partial charge in [-0.1, -0.05) is 0 Å². The van der Waals surface area contributed by atoms with E-state index < -0.39 is 5.60 Å². The van der Waals surface area contributed by atoms with Crippen LogP contribution in [0.15, 0.2) is 11.5 Å². The van der Waals surface area contributed by atoms with Crippen LogP contribution in [0.2, 0.25) is 0 Å². The standard InChI is InChI=1S/C11H18N2O3/c1-8-9(2)16-11(10(14)12-8)6-13(7-11)4-5-15-3/h4-7H2,1-3H3,(H,12,14). The second-order valence-electron chi connectivity index (χ2n) is 4.44. The van der Waals surface area contributed by atoms with Gasteiger partial charge >= 0.3 is 0 Å². The van der Waals surface area contributed by atoms with Crippen LogP contribution in [0, 0.1) is 0 Å². The van der Waals surface area contributed by atoms with Gasteiger partial charge in [0.25, 0.3) is 5.91 Å². The van der Waals surface area contributed by atoms with Gasteiger partial charge in [-0.15, -0.1) is 0 Å². The van der Waals surface area contributed by atoms with Crippen molar-refractivity contribution in [3.63, 3.8) is 0 Å². The minimum Gasteiger partial charge on any atom is -0.478 e. The predicted octanol–water partition coefficient (Wildman–Crippen LogP) is 0.0850. The Morgan fingerprint density at radius 2 is 2.19 bits per heavy atom. The zero-order valence-corrected chi connectivity index (χ0v) is 10.0. The number of hydrogen-bond donors (Lipinski definition) is 1. The Balaban J connectivity index is 1.95. The van der Waals surface area contributed by atoms with Gasteiger partial charge in [0.1, 0.15) is 5.76 Å². The third-order valence-corrected chi connectivity index (χ3v) is 3.16. The van der Waals surface area contributed by atoms with Crippen molar-refractivity contribution in [2.75, 3.05) is 33.4 Å². The fourth-order valence-electron chi connectivity index (χ4n) is 2.05. The average Bonchev–Trinajstić information content (AvgIpc) is 2.18. The fourth-order valence-corrected chi connectivity index (χ4v) is 2.05. The molecule has 0 unspecified atom stereocenters. The number of hydrogen-bond acceptors (Lipinski definition) is 4. The van der Waals surface area contributed by atoms with E-state index in [1.807, 2.05) is 13.8 Å². The third kappa shape index (κ3) is 1.81. The van der Waals surface area contributed by atoms with Crippen LogP contribution >= 0.6 is 0 Å². The maximum Gasteiger partial charge on any atom is 0.271 e. The molecule has 90 valence electrons. The second kappa shape index (κ2) is 4.07. The van der Waals surface area contributed by atoms with Crippen LogP contribution in [0.5, 0.6) is 0 Å². The number of methoxy groups -OCH3 is 1. The SMILES string of the molecule is COCCN1CC2(C1)OC(C)=C(C)NC2=O. The summed E-state index contributed by atoms with van der Waals surface area (Å²) >= 11 is 0. The second-order valence-corrected chi connectivity index (χ2v) is 4.44. The van der Waals surface area contributed by atoms with E-state index in [4.69, 9.17) is 9.47 Å². The number of ether oxygens (including phenoxy) is 2. The van der Waals surface area contributed by atoms with Gasteiger partial charge in [-0.3, -0.25) is 9.69 Å². The number of amides is 1. The maximum absolute atomic E-state index is 11.8. The van der Waals surface area contributed by atoms with Gasteiger partial charge in [0.2, 0.25) is 5.60 Å². The number of allylic oxidation sites excluding steroid dienone is 2. The highest BCUT2D eigenvalue weighted by Gasteiger charge is 2.53.